The van der Waals surface area contributed by atoms with Crippen LogP contribution in [0.15, 0.2) is 61.2 Å². The Labute approximate surface area is 152 Å². The highest BCUT2D eigenvalue weighted by molar-refractivity contribution is 6.30. The Morgan fingerprint density at radius 2 is 1.88 bits per heavy atom. The van der Waals surface area contributed by atoms with E-state index in [9.17, 15) is 4.79 Å². The Hall–Kier alpha value is -2.77. The molecule has 1 amide bonds. The predicted molar refractivity (Wildman–Crippen MR) is 98.3 cm³/mol. The molecule has 0 aliphatic heterocycles. The number of carbonyl (C=O) groups is 1. The first-order chi connectivity index (χ1) is 12.1. The maximum absolute atomic E-state index is 12.4. The van der Waals surface area contributed by atoms with E-state index < -0.39 is 0 Å². The zero-order valence-corrected chi connectivity index (χ0v) is 14.6. The van der Waals surface area contributed by atoms with Crippen molar-refractivity contribution in [2.75, 3.05) is 13.2 Å². The molecular formula is C20H19ClN2O2. The summed E-state index contributed by atoms with van der Waals surface area (Å²) in [4.78, 5) is 14.1. The molecular weight excluding hydrogens is 336 g/mol. The highest BCUT2D eigenvalue weighted by atomic mass is 35.5. The van der Waals surface area contributed by atoms with Gasteiger partial charge in [0.15, 0.2) is 0 Å². The summed E-state index contributed by atoms with van der Waals surface area (Å²) in [6.45, 7) is 4.93. The van der Waals surface area contributed by atoms with Crippen molar-refractivity contribution >= 4 is 17.5 Å². The Balaban J connectivity index is 1.89. The zero-order chi connectivity index (χ0) is 18.1. The van der Waals surface area contributed by atoms with Crippen LogP contribution in [0.2, 0.25) is 5.02 Å². The average Bonchev–Trinajstić information content (AvgIpc) is 2.63. The SMILES string of the molecule is C=CCN(Cc1ccc(C#N)cc1)C(=O)CCOc1ccc(Cl)cc1. The van der Waals surface area contributed by atoms with Crippen LogP contribution in [0.3, 0.4) is 0 Å². The molecule has 0 radical (unpaired) electrons. The van der Waals surface area contributed by atoms with Gasteiger partial charge in [0.05, 0.1) is 24.7 Å². The van der Waals surface area contributed by atoms with E-state index in [0.717, 1.165) is 5.56 Å². The number of hydrogen-bond acceptors (Lipinski definition) is 3. The van der Waals surface area contributed by atoms with Gasteiger partial charge in [0.1, 0.15) is 5.75 Å². The number of benzene rings is 2. The maximum Gasteiger partial charge on any atom is 0.226 e. The fraction of sp³-hybridized carbons (Fsp3) is 0.200. The van der Waals surface area contributed by atoms with Gasteiger partial charge in [-0.15, -0.1) is 6.58 Å². The lowest BCUT2D eigenvalue weighted by atomic mass is 10.1. The lowest BCUT2D eigenvalue weighted by Crippen LogP contribution is -2.31. The molecule has 0 saturated heterocycles. The van der Waals surface area contributed by atoms with Gasteiger partial charge >= 0.3 is 0 Å². The Kier molecular flexibility index (Phi) is 7.06. The highest BCUT2D eigenvalue weighted by Crippen LogP contribution is 2.16. The molecule has 0 saturated carbocycles. The van der Waals surface area contributed by atoms with E-state index in [0.29, 0.717) is 36.0 Å². The molecule has 0 heterocycles. The third-order valence-corrected chi connectivity index (χ3v) is 3.81. The summed E-state index contributed by atoms with van der Waals surface area (Å²) in [6.07, 6.45) is 1.97. The largest absolute Gasteiger partial charge is 0.493 e. The molecule has 4 nitrogen and oxygen atoms in total. The van der Waals surface area contributed by atoms with Gasteiger partial charge in [-0.2, -0.15) is 5.26 Å². The van der Waals surface area contributed by atoms with Crippen LogP contribution in [0.25, 0.3) is 0 Å². The molecule has 2 rings (SSSR count). The third kappa shape index (κ3) is 5.98. The first kappa shape index (κ1) is 18.6. The van der Waals surface area contributed by atoms with Crippen molar-refractivity contribution < 1.29 is 9.53 Å². The molecule has 128 valence electrons. The van der Waals surface area contributed by atoms with Crippen LogP contribution < -0.4 is 4.74 Å². The minimum Gasteiger partial charge on any atom is -0.493 e. The van der Waals surface area contributed by atoms with Crippen LogP contribution >= 0.6 is 11.6 Å². The molecule has 0 fully saturated rings. The topological polar surface area (TPSA) is 53.3 Å². The summed E-state index contributed by atoms with van der Waals surface area (Å²) in [7, 11) is 0. The van der Waals surface area contributed by atoms with E-state index in [1.54, 1.807) is 47.4 Å². The van der Waals surface area contributed by atoms with Crippen molar-refractivity contribution in [2.24, 2.45) is 0 Å². The van der Waals surface area contributed by atoms with Gasteiger partial charge in [-0.25, -0.2) is 0 Å². The number of rotatable bonds is 8. The van der Waals surface area contributed by atoms with Crippen LogP contribution in [0, 0.1) is 11.3 Å². The molecule has 0 atom stereocenters. The number of nitriles is 1. The Bertz CT molecular complexity index is 749. The first-order valence-electron chi connectivity index (χ1n) is 7.88. The average molecular weight is 355 g/mol. The lowest BCUT2D eigenvalue weighted by molar-refractivity contribution is -0.131. The quantitative estimate of drug-likeness (QED) is 0.668. The van der Waals surface area contributed by atoms with Crippen LogP contribution in [-0.4, -0.2) is 24.0 Å². The minimum absolute atomic E-state index is 0.0155. The first-order valence-corrected chi connectivity index (χ1v) is 8.26. The van der Waals surface area contributed by atoms with Gasteiger partial charge in [-0.1, -0.05) is 29.8 Å². The van der Waals surface area contributed by atoms with Crippen LogP contribution in [-0.2, 0) is 11.3 Å². The normalized spacial score (nSPS) is 9.92. The number of nitrogens with zero attached hydrogens (tertiary/aromatic N) is 2. The van der Waals surface area contributed by atoms with Crippen molar-refractivity contribution in [3.63, 3.8) is 0 Å². The molecule has 0 aliphatic carbocycles. The lowest BCUT2D eigenvalue weighted by Gasteiger charge is -2.21. The molecule has 0 N–H and O–H groups in total. The van der Waals surface area contributed by atoms with Crippen molar-refractivity contribution in [1.29, 1.82) is 5.26 Å². The van der Waals surface area contributed by atoms with Crippen LogP contribution in [0.5, 0.6) is 5.75 Å². The second-order valence-electron chi connectivity index (χ2n) is 5.42. The number of halogens is 1. The monoisotopic (exact) mass is 354 g/mol. The van der Waals surface area contributed by atoms with Crippen LogP contribution in [0.1, 0.15) is 17.5 Å². The van der Waals surface area contributed by atoms with Crippen molar-refractivity contribution in [2.45, 2.75) is 13.0 Å². The van der Waals surface area contributed by atoms with Gasteiger partial charge in [-0.3, -0.25) is 4.79 Å². The van der Waals surface area contributed by atoms with Gasteiger partial charge in [-0.05, 0) is 42.0 Å². The molecule has 5 heteroatoms. The predicted octanol–water partition coefficient (Wildman–Crippen LogP) is 4.20. The summed E-state index contributed by atoms with van der Waals surface area (Å²) in [5, 5.41) is 9.48. The molecule has 0 bridgehead atoms. The van der Waals surface area contributed by atoms with Crippen molar-refractivity contribution in [3.8, 4) is 11.8 Å². The number of amides is 1. The summed E-state index contributed by atoms with van der Waals surface area (Å²) in [6, 6.07) is 16.3. The van der Waals surface area contributed by atoms with Crippen molar-refractivity contribution in [3.05, 3.63) is 77.3 Å². The molecule has 0 unspecified atom stereocenters. The van der Waals surface area contributed by atoms with E-state index in [4.69, 9.17) is 21.6 Å². The Morgan fingerprint density at radius 1 is 1.20 bits per heavy atom. The second-order valence-corrected chi connectivity index (χ2v) is 5.86. The molecule has 25 heavy (non-hydrogen) atoms. The maximum atomic E-state index is 12.4. The number of carbonyl (C=O) groups excluding carboxylic acids is 1. The van der Waals surface area contributed by atoms with E-state index in [2.05, 4.69) is 12.6 Å². The standard InChI is InChI=1S/C20H19ClN2O2/c1-2-12-23(15-17-5-3-16(14-22)4-6-17)20(24)11-13-25-19-9-7-18(21)8-10-19/h2-10H,1,11-13,15H2. The number of hydrogen-bond donors (Lipinski definition) is 0. The van der Waals surface area contributed by atoms with E-state index in [1.165, 1.54) is 0 Å². The minimum atomic E-state index is -0.0155. The summed E-state index contributed by atoms with van der Waals surface area (Å²) < 4.78 is 5.57. The molecule has 0 spiro atoms. The summed E-state index contributed by atoms with van der Waals surface area (Å²) in [5.74, 6) is 0.665. The van der Waals surface area contributed by atoms with E-state index in [1.807, 2.05) is 12.1 Å². The molecule has 2 aromatic rings. The summed E-state index contributed by atoms with van der Waals surface area (Å²) in [5.41, 5.74) is 1.56. The molecule has 2 aromatic carbocycles. The van der Waals surface area contributed by atoms with Gasteiger partial charge in [0.2, 0.25) is 5.91 Å². The Morgan fingerprint density at radius 3 is 2.48 bits per heavy atom. The highest BCUT2D eigenvalue weighted by Gasteiger charge is 2.13. The van der Waals surface area contributed by atoms with Gasteiger partial charge < -0.3 is 9.64 Å². The fourth-order valence-corrected chi connectivity index (χ4v) is 2.39. The third-order valence-electron chi connectivity index (χ3n) is 3.56. The van der Waals surface area contributed by atoms with E-state index in [-0.39, 0.29) is 12.3 Å². The van der Waals surface area contributed by atoms with Gasteiger partial charge in [0.25, 0.3) is 0 Å². The van der Waals surface area contributed by atoms with E-state index >= 15 is 0 Å². The fourth-order valence-electron chi connectivity index (χ4n) is 2.26. The molecule has 0 aliphatic rings. The number of ether oxygens (including phenoxy) is 1. The smallest absolute Gasteiger partial charge is 0.226 e. The van der Waals surface area contributed by atoms with Gasteiger partial charge in [0, 0.05) is 18.1 Å². The van der Waals surface area contributed by atoms with Crippen LogP contribution in [0.4, 0.5) is 0 Å². The summed E-state index contributed by atoms with van der Waals surface area (Å²) >= 11 is 5.83. The van der Waals surface area contributed by atoms with Crippen molar-refractivity contribution in [1.82, 2.24) is 4.90 Å². The second kappa shape index (κ2) is 9.51. The zero-order valence-electron chi connectivity index (χ0n) is 13.8. The molecule has 0 aromatic heterocycles.